The second-order valence-corrected chi connectivity index (χ2v) is 12.0. The lowest BCUT2D eigenvalue weighted by Gasteiger charge is -2.38. The average molecular weight is 625 g/mol. The minimum Gasteiger partial charge on any atom is -0.461 e. The number of aromatic nitrogens is 1. The van der Waals surface area contributed by atoms with Crippen LogP contribution in [-0.4, -0.2) is 51.7 Å². The summed E-state index contributed by atoms with van der Waals surface area (Å²) in [6.07, 6.45) is 3.74. The molecule has 2 aromatic carbocycles. The monoisotopic (exact) mass is 624 g/mol. The quantitative estimate of drug-likeness (QED) is 0.215. The number of aromatic amines is 1. The highest BCUT2D eigenvalue weighted by Gasteiger charge is 2.34. The van der Waals surface area contributed by atoms with E-state index in [9.17, 15) is 14.4 Å². The molecule has 1 fully saturated rings. The number of ether oxygens (including phenoxy) is 2. The summed E-state index contributed by atoms with van der Waals surface area (Å²) in [5.74, 6) is -0.937. The van der Waals surface area contributed by atoms with E-state index in [0.717, 1.165) is 30.4 Å². The number of benzene rings is 2. The minimum atomic E-state index is -0.645. The topological polar surface area (TPSA) is 104 Å². The summed E-state index contributed by atoms with van der Waals surface area (Å²) in [4.78, 5) is 45.6. The van der Waals surface area contributed by atoms with Gasteiger partial charge in [0.2, 0.25) is 0 Å². The number of piperidine rings is 1. The van der Waals surface area contributed by atoms with E-state index in [1.165, 1.54) is 0 Å². The summed E-state index contributed by atoms with van der Waals surface area (Å²) >= 11 is 12.3. The summed E-state index contributed by atoms with van der Waals surface area (Å²) in [5, 5.41) is 3.42. The fraction of sp³-hybridized carbons (Fsp3) is 0.375. The number of thiocarbonyl (C=S) groups is 1. The van der Waals surface area contributed by atoms with Crippen molar-refractivity contribution in [3.8, 4) is 0 Å². The van der Waals surface area contributed by atoms with E-state index in [4.69, 9.17) is 33.3 Å². The average Bonchev–Trinajstić information content (AvgIpc) is 3.46. The fourth-order valence-corrected chi connectivity index (χ4v) is 5.47. The molecule has 2 heterocycles. The van der Waals surface area contributed by atoms with E-state index < -0.39 is 11.6 Å². The molecule has 0 spiro atoms. The summed E-state index contributed by atoms with van der Waals surface area (Å²) < 4.78 is 11.0. The molecule has 1 aliphatic rings. The molecular formula is C32H37ClN4O5S. The Morgan fingerprint density at radius 2 is 1.86 bits per heavy atom. The van der Waals surface area contributed by atoms with E-state index in [-0.39, 0.29) is 42.0 Å². The summed E-state index contributed by atoms with van der Waals surface area (Å²) in [6.45, 7) is 8.16. The van der Waals surface area contributed by atoms with Gasteiger partial charge in [-0.2, -0.15) is 0 Å². The molecular weight excluding hydrogens is 588 g/mol. The summed E-state index contributed by atoms with van der Waals surface area (Å²) in [6, 6.07) is 15.7. The molecule has 2 amide bonds. The van der Waals surface area contributed by atoms with Crippen molar-refractivity contribution in [1.29, 1.82) is 0 Å². The third kappa shape index (κ3) is 8.14. The molecule has 11 heteroatoms. The number of esters is 1. The minimum absolute atomic E-state index is 0.0903. The van der Waals surface area contributed by atoms with Crippen LogP contribution in [0.2, 0.25) is 5.02 Å². The van der Waals surface area contributed by atoms with Crippen molar-refractivity contribution in [2.75, 3.05) is 18.1 Å². The number of nitrogens with one attached hydrogen (secondary N) is 2. The van der Waals surface area contributed by atoms with Gasteiger partial charge in [-0.25, -0.2) is 9.59 Å². The van der Waals surface area contributed by atoms with E-state index in [2.05, 4.69) is 10.3 Å². The molecule has 9 nitrogen and oxygen atoms in total. The van der Waals surface area contributed by atoms with Crippen molar-refractivity contribution >= 4 is 52.6 Å². The maximum absolute atomic E-state index is 13.3. The smallest absolute Gasteiger partial charge is 0.410 e. The number of H-pyrrole nitrogens is 1. The van der Waals surface area contributed by atoms with Gasteiger partial charge in [0.15, 0.2) is 5.11 Å². The second-order valence-electron chi connectivity index (χ2n) is 11.2. The predicted octanol–water partition coefficient (Wildman–Crippen LogP) is 7.03. The van der Waals surface area contributed by atoms with E-state index in [0.29, 0.717) is 22.8 Å². The molecule has 1 atom stereocenters. The molecule has 228 valence electrons. The van der Waals surface area contributed by atoms with Crippen molar-refractivity contribution in [3.63, 3.8) is 0 Å². The first-order valence-electron chi connectivity index (χ1n) is 14.3. The number of carbonyl (C=O) groups is 3. The van der Waals surface area contributed by atoms with Crippen LogP contribution in [0, 0.1) is 0 Å². The zero-order valence-corrected chi connectivity index (χ0v) is 26.4. The number of nitrogens with zero attached hydrogens (tertiary/aromatic N) is 2. The van der Waals surface area contributed by atoms with Gasteiger partial charge in [0.1, 0.15) is 11.3 Å². The highest BCUT2D eigenvalue weighted by atomic mass is 35.5. The Bertz CT molecular complexity index is 1470. The fourth-order valence-electron chi connectivity index (χ4n) is 5.03. The number of halogens is 1. The van der Waals surface area contributed by atoms with Crippen molar-refractivity contribution in [3.05, 3.63) is 88.2 Å². The normalized spacial score (nSPS) is 15.0. The van der Waals surface area contributed by atoms with Gasteiger partial charge in [-0.3, -0.25) is 10.1 Å². The highest BCUT2D eigenvalue weighted by Crippen LogP contribution is 2.36. The Kier molecular flexibility index (Phi) is 10.5. The van der Waals surface area contributed by atoms with Crippen molar-refractivity contribution in [2.24, 2.45) is 0 Å². The number of carbonyl (C=O) groups excluding carboxylic acids is 3. The van der Waals surface area contributed by atoms with Crippen LogP contribution in [-0.2, 0) is 16.0 Å². The van der Waals surface area contributed by atoms with Gasteiger partial charge in [-0.15, -0.1) is 0 Å². The second kappa shape index (κ2) is 14.1. The van der Waals surface area contributed by atoms with Crippen LogP contribution in [0.3, 0.4) is 0 Å². The van der Waals surface area contributed by atoms with Crippen molar-refractivity contribution < 1.29 is 23.9 Å². The van der Waals surface area contributed by atoms with Crippen LogP contribution in [0.5, 0.6) is 0 Å². The van der Waals surface area contributed by atoms with Crippen LogP contribution in [0.25, 0.3) is 0 Å². The molecule has 1 unspecified atom stereocenters. The van der Waals surface area contributed by atoms with Gasteiger partial charge in [0.25, 0.3) is 5.91 Å². The Morgan fingerprint density at radius 1 is 1.12 bits per heavy atom. The number of amides is 2. The maximum atomic E-state index is 13.3. The van der Waals surface area contributed by atoms with Gasteiger partial charge >= 0.3 is 12.1 Å². The van der Waals surface area contributed by atoms with Crippen LogP contribution in [0.1, 0.15) is 85.0 Å². The van der Waals surface area contributed by atoms with Crippen LogP contribution in [0.4, 0.5) is 10.5 Å². The molecule has 0 radical (unpaired) electrons. The van der Waals surface area contributed by atoms with Crippen molar-refractivity contribution in [2.45, 2.75) is 65.1 Å². The lowest BCUT2D eigenvalue weighted by atomic mass is 9.91. The first kappa shape index (κ1) is 32.0. The SMILES string of the molecule is CCOC(=O)c1[nH]ccc1N(Cc1ccc(Cl)cc1C1CCCCN1C(=O)OC(C)(C)C)C(=S)NC(=O)c1ccccc1. The molecule has 0 saturated carbocycles. The summed E-state index contributed by atoms with van der Waals surface area (Å²) in [7, 11) is 0. The van der Waals surface area contributed by atoms with Gasteiger partial charge < -0.3 is 24.3 Å². The first-order chi connectivity index (χ1) is 20.5. The first-order valence-corrected chi connectivity index (χ1v) is 15.1. The zero-order valence-electron chi connectivity index (χ0n) is 24.8. The van der Waals surface area contributed by atoms with E-state index in [1.807, 2.05) is 39.0 Å². The van der Waals surface area contributed by atoms with Crippen LogP contribution < -0.4 is 10.2 Å². The largest absolute Gasteiger partial charge is 0.461 e. The Hall–Kier alpha value is -3.89. The Morgan fingerprint density at radius 3 is 2.56 bits per heavy atom. The molecule has 2 N–H and O–H groups in total. The Labute approximate surface area is 262 Å². The van der Waals surface area contributed by atoms with Crippen LogP contribution in [0.15, 0.2) is 60.8 Å². The predicted molar refractivity (Wildman–Crippen MR) is 170 cm³/mol. The van der Waals surface area contributed by atoms with Crippen molar-refractivity contribution in [1.82, 2.24) is 15.2 Å². The summed E-state index contributed by atoms with van der Waals surface area (Å²) in [5.41, 5.74) is 2.08. The zero-order chi connectivity index (χ0) is 31.1. The third-order valence-electron chi connectivity index (χ3n) is 6.92. The molecule has 0 bridgehead atoms. The number of likely N-dealkylation sites (tertiary alicyclic amines) is 1. The number of hydrogen-bond donors (Lipinski definition) is 2. The molecule has 1 saturated heterocycles. The lowest BCUT2D eigenvalue weighted by molar-refractivity contribution is 0.00939. The highest BCUT2D eigenvalue weighted by molar-refractivity contribution is 7.80. The van der Waals surface area contributed by atoms with E-state index >= 15 is 0 Å². The third-order valence-corrected chi connectivity index (χ3v) is 7.48. The molecule has 1 aromatic heterocycles. The maximum Gasteiger partial charge on any atom is 0.410 e. The number of rotatable bonds is 7. The van der Waals surface area contributed by atoms with Gasteiger partial charge in [-0.1, -0.05) is 35.9 Å². The number of anilines is 1. The lowest BCUT2D eigenvalue weighted by Crippen LogP contribution is -2.44. The number of hydrogen-bond acceptors (Lipinski definition) is 6. The van der Waals surface area contributed by atoms with E-state index in [1.54, 1.807) is 59.3 Å². The van der Waals surface area contributed by atoms with Gasteiger partial charge in [-0.05, 0) is 101 Å². The van der Waals surface area contributed by atoms with Gasteiger partial charge in [0.05, 0.1) is 24.9 Å². The molecule has 3 aromatic rings. The molecule has 0 aliphatic carbocycles. The van der Waals surface area contributed by atoms with Gasteiger partial charge in [0, 0.05) is 23.3 Å². The molecule has 4 rings (SSSR count). The molecule has 1 aliphatic heterocycles. The standard InChI is InChI=1S/C32H37ClN4O5S/c1-5-41-29(39)27-26(16-17-34-27)37(30(43)35-28(38)21-11-7-6-8-12-21)20-22-14-15-23(33)19-24(22)25-13-9-10-18-36(25)31(40)42-32(2,3)4/h6-8,11-12,14-17,19,25,34H,5,9-10,13,18,20H2,1-4H3,(H,35,38,43). The molecule has 43 heavy (non-hydrogen) atoms. The Balaban J connectivity index is 1.73. The van der Waals surface area contributed by atoms with Crippen LogP contribution >= 0.6 is 23.8 Å².